The average Bonchev–Trinajstić information content (AvgIpc) is 2.88. The molecule has 0 amide bonds. The Morgan fingerprint density at radius 3 is 2.75 bits per heavy atom. The van der Waals surface area contributed by atoms with E-state index in [1.165, 1.54) is 7.11 Å². The molecule has 0 heterocycles. The van der Waals surface area contributed by atoms with Crippen molar-refractivity contribution < 1.29 is 14.3 Å². The molecule has 0 aromatic rings. The van der Waals surface area contributed by atoms with E-state index in [2.05, 4.69) is 19.2 Å². The number of rotatable bonds is 10. The molecule has 0 aromatic carbocycles. The first-order chi connectivity index (χ1) is 9.71. The van der Waals surface area contributed by atoms with Gasteiger partial charge in [-0.1, -0.05) is 26.7 Å². The summed E-state index contributed by atoms with van der Waals surface area (Å²) >= 11 is 0. The van der Waals surface area contributed by atoms with Gasteiger partial charge in [0.15, 0.2) is 0 Å². The summed E-state index contributed by atoms with van der Waals surface area (Å²) in [6.07, 6.45) is 7.30. The van der Waals surface area contributed by atoms with Crippen molar-refractivity contribution in [2.24, 2.45) is 5.92 Å². The number of hydrogen-bond acceptors (Lipinski definition) is 4. The Morgan fingerprint density at radius 1 is 1.30 bits per heavy atom. The molecular weight excluding hydrogens is 254 g/mol. The van der Waals surface area contributed by atoms with Crippen LogP contribution < -0.4 is 5.32 Å². The Labute approximate surface area is 123 Å². The molecule has 0 saturated heterocycles. The fourth-order valence-corrected chi connectivity index (χ4v) is 3.15. The molecule has 1 N–H and O–H groups in total. The number of carbonyl (C=O) groups excluding carboxylic acids is 1. The van der Waals surface area contributed by atoms with Crippen molar-refractivity contribution >= 4 is 5.97 Å². The summed E-state index contributed by atoms with van der Waals surface area (Å²) in [5.41, 5.74) is -0.473. The normalized spacial score (nSPS) is 25.9. The van der Waals surface area contributed by atoms with Gasteiger partial charge in [-0.15, -0.1) is 0 Å². The summed E-state index contributed by atoms with van der Waals surface area (Å²) in [6.45, 7) is 6.73. The van der Waals surface area contributed by atoms with Gasteiger partial charge in [0.05, 0.1) is 7.11 Å². The van der Waals surface area contributed by atoms with E-state index in [9.17, 15) is 4.79 Å². The van der Waals surface area contributed by atoms with E-state index >= 15 is 0 Å². The topological polar surface area (TPSA) is 47.6 Å². The Bertz CT molecular complexity index is 283. The fraction of sp³-hybridized carbons (Fsp3) is 0.938. The molecule has 2 unspecified atom stereocenters. The van der Waals surface area contributed by atoms with Crippen molar-refractivity contribution in [1.29, 1.82) is 0 Å². The third-order valence-electron chi connectivity index (χ3n) is 4.31. The largest absolute Gasteiger partial charge is 0.468 e. The zero-order valence-corrected chi connectivity index (χ0v) is 13.4. The Kier molecular flexibility index (Phi) is 8.15. The van der Waals surface area contributed by atoms with Crippen molar-refractivity contribution in [2.75, 3.05) is 26.9 Å². The molecule has 1 saturated carbocycles. The Morgan fingerprint density at radius 2 is 2.10 bits per heavy atom. The first kappa shape index (κ1) is 17.4. The Hall–Kier alpha value is -0.610. The second kappa shape index (κ2) is 9.35. The Balaban J connectivity index is 2.54. The molecule has 0 spiro atoms. The van der Waals surface area contributed by atoms with Crippen molar-refractivity contribution in [3.05, 3.63) is 0 Å². The van der Waals surface area contributed by atoms with Gasteiger partial charge in [-0.2, -0.15) is 0 Å². The smallest absolute Gasteiger partial charge is 0.326 e. The van der Waals surface area contributed by atoms with Crippen LogP contribution in [0.2, 0.25) is 0 Å². The van der Waals surface area contributed by atoms with Crippen LogP contribution in [0.5, 0.6) is 0 Å². The van der Waals surface area contributed by atoms with E-state index < -0.39 is 5.54 Å². The van der Waals surface area contributed by atoms with Crippen LogP contribution in [-0.2, 0) is 14.3 Å². The van der Waals surface area contributed by atoms with Crippen molar-refractivity contribution in [3.8, 4) is 0 Å². The van der Waals surface area contributed by atoms with Gasteiger partial charge in [0.25, 0.3) is 0 Å². The van der Waals surface area contributed by atoms with Gasteiger partial charge in [0, 0.05) is 13.2 Å². The molecule has 20 heavy (non-hydrogen) atoms. The first-order valence-corrected chi connectivity index (χ1v) is 8.12. The quantitative estimate of drug-likeness (QED) is 0.495. The molecule has 1 rings (SSSR count). The zero-order valence-electron chi connectivity index (χ0n) is 13.4. The molecular formula is C16H31NO3. The summed E-state index contributed by atoms with van der Waals surface area (Å²) in [4.78, 5) is 12.3. The summed E-state index contributed by atoms with van der Waals surface area (Å²) in [5.74, 6) is 0.241. The highest BCUT2D eigenvalue weighted by molar-refractivity contribution is 5.81. The lowest BCUT2D eigenvalue weighted by molar-refractivity contribution is -0.150. The monoisotopic (exact) mass is 285 g/mol. The van der Waals surface area contributed by atoms with Gasteiger partial charge < -0.3 is 14.8 Å². The predicted octanol–water partition coefficient (Wildman–Crippen LogP) is 2.90. The fourth-order valence-electron chi connectivity index (χ4n) is 3.15. The van der Waals surface area contributed by atoms with Crippen LogP contribution in [0.25, 0.3) is 0 Å². The lowest BCUT2D eigenvalue weighted by Crippen LogP contribution is -2.55. The van der Waals surface area contributed by atoms with Gasteiger partial charge in [0.1, 0.15) is 5.54 Å². The van der Waals surface area contributed by atoms with Crippen LogP contribution in [0.15, 0.2) is 0 Å². The minimum Gasteiger partial charge on any atom is -0.468 e. The van der Waals surface area contributed by atoms with E-state index in [4.69, 9.17) is 9.47 Å². The van der Waals surface area contributed by atoms with Crippen LogP contribution in [0.3, 0.4) is 0 Å². The highest BCUT2D eigenvalue weighted by atomic mass is 16.5. The van der Waals surface area contributed by atoms with Gasteiger partial charge >= 0.3 is 5.97 Å². The number of methoxy groups -OCH3 is 1. The summed E-state index contributed by atoms with van der Waals surface area (Å²) in [6, 6.07) is 0. The first-order valence-electron chi connectivity index (χ1n) is 8.12. The zero-order chi connectivity index (χ0) is 14.8. The van der Waals surface area contributed by atoms with Gasteiger partial charge in [-0.05, 0) is 44.6 Å². The molecule has 0 radical (unpaired) electrons. The van der Waals surface area contributed by atoms with Crippen molar-refractivity contribution in [1.82, 2.24) is 5.32 Å². The molecule has 0 aromatic heterocycles. The third kappa shape index (κ3) is 4.45. The lowest BCUT2D eigenvalue weighted by Gasteiger charge is -2.34. The molecule has 0 bridgehead atoms. The summed E-state index contributed by atoms with van der Waals surface area (Å²) in [7, 11) is 1.49. The maximum atomic E-state index is 12.3. The number of ether oxygens (including phenoxy) is 2. The van der Waals surface area contributed by atoms with Crippen molar-refractivity contribution in [2.45, 2.75) is 64.3 Å². The molecule has 1 aliphatic rings. The molecule has 0 aliphatic heterocycles. The van der Waals surface area contributed by atoms with Gasteiger partial charge in [0.2, 0.25) is 0 Å². The van der Waals surface area contributed by atoms with Crippen LogP contribution >= 0.6 is 0 Å². The summed E-state index contributed by atoms with van der Waals surface area (Å²) in [5, 5.41) is 3.47. The minimum atomic E-state index is -0.473. The van der Waals surface area contributed by atoms with E-state index in [0.717, 1.165) is 64.7 Å². The van der Waals surface area contributed by atoms with E-state index in [0.29, 0.717) is 5.92 Å². The average molecular weight is 285 g/mol. The number of nitrogens with one attached hydrogen (secondary N) is 1. The van der Waals surface area contributed by atoms with Crippen LogP contribution in [-0.4, -0.2) is 38.4 Å². The van der Waals surface area contributed by atoms with E-state index in [1.54, 1.807) is 0 Å². The number of esters is 1. The maximum absolute atomic E-state index is 12.3. The molecule has 2 atom stereocenters. The number of unbranched alkanes of at least 4 members (excludes halogenated alkanes) is 1. The standard InChI is InChI=1S/C16H31NO3/c1-4-6-12-20-13-9-14-8-7-10-16(14,15(18)19-3)17-11-5-2/h14,17H,4-13H2,1-3H3. The third-order valence-corrected chi connectivity index (χ3v) is 4.31. The van der Waals surface area contributed by atoms with E-state index in [1.807, 2.05) is 0 Å². The second-order valence-electron chi connectivity index (χ2n) is 5.73. The molecule has 4 heteroatoms. The maximum Gasteiger partial charge on any atom is 0.326 e. The highest BCUT2D eigenvalue weighted by Crippen LogP contribution is 2.39. The molecule has 118 valence electrons. The minimum absolute atomic E-state index is 0.0954. The number of carbonyl (C=O) groups is 1. The second-order valence-corrected chi connectivity index (χ2v) is 5.73. The molecule has 1 aliphatic carbocycles. The van der Waals surface area contributed by atoms with Crippen LogP contribution in [0, 0.1) is 5.92 Å². The summed E-state index contributed by atoms with van der Waals surface area (Å²) < 4.78 is 10.7. The molecule has 1 fully saturated rings. The van der Waals surface area contributed by atoms with Crippen LogP contribution in [0.4, 0.5) is 0 Å². The predicted molar refractivity (Wildman–Crippen MR) is 80.7 cm³/mol. The van der Waals surface area contributed by atoms with Crippen LogP contribution in [0.1, 0.15) is 58.8 Å². The van der Waals surface area contributed by atoms with E-state index in [-0.39, 0.29) is 5.97 Å². The van der Waals surface area contributed by atoms with Crippen molar-refractivity contribution in [3.63, 3.8) is 0 Å². The lowest BCUT2D eigenvalue weighted by atomic mass is 9.84. The SMILES string of the molecule is CCCCOCCC1CCCC1(NCCC)C(=O)OC. The molecule has 4 nitrogen and oxygen atoms in total. The number of hydrogen-bond donors (Lipinski definition) is 1. The van der Waals surface area contributed by atoms with Gasteiger partial charge in [-0.25, -0.2) is 0 Å². The highest BCUT2D eigenvalue weighted by Gasteiger charge is 2.49. The van der Waals surface area contributed by atoms with Gasteiger partial charge in [-0.3, -0.25) is 4.79 Å².